The Balaban J connectivity index is 2.92. The summed E-state index contributed by atoms with van der Waals surface area (Å²) in [6, 6.07) is 0. The molecule has 0 atom stereocenters. The van der Waals surface area contributed by atoms with Gasteiger partial charge in [0.15, 0.2) is 0 Å². The lowest BCUT2D eigenvalue weighted by Crippen LogP contribution is -1.85. The Kier molecular flexibility index (Phi) is 5.62. The molecular formula is C5H9NS. The number of allylic oxidation sites excluding steroid dienone is 2. The van der Waals surface area contributed by atoms with E-state index in [4.69, 9.17) is 0 Å². The van der Waals surface area contributed by atoms with Gasteiger partial charge in [-0.3, -0.25) is 4.72 Å². The lowest BCUT2D eigenvalue weighted by Gasteiger charge is -1.81. The predicted molar refractivity (Wildman–Crippen MR) is 36.0 cm³/mol. The van der Waals surface area contributed by atoms with Gasteiger partial charge in [0.2, 0.25) is 0 Å². The fraction of sp³-hybridized carbons (Fsp3) is 0.200. The summed E-state index contributed by atoms with van der Waals surface area (Å²) in [7, 11) is 1.87. The molecule has 0 saturated carbocycles. The molecule has 0 aliphatic rings. The van der Waals surface area contributed by atoms with Crippen LogP contribution in [0.5, 0.6) is 0 Å². The first-order valence-corrected chi connectivity index (χ1v) is 2.89. The maximum atomic E-state index is 3.50. The van der Waals surface area contributed by atoms with Crippen LogP contribution in [0.4, 0.5) is 0 Å². The van der Waals surface area contributed by atoms with Gasteiger partial charge >= 0.3 is 0 Å². The number of hydrogen-bond acceptors (Lipinski definition) is 2. The van der Waals surface area contributed by atoms with Crippen molar-refractivity contribution in [2.45, 2.75) is 0 Å². The van der Waals surface area contributed by atoms with Crippen molar-refractivity contribution in [3.8, 4) is 0 Å². The topological polar surface area (TPSA) is 12.0 Å². The standard InChI is InChI=1S/C5H9NS/c1-3-4-5-7-6-2/h3-6H,1H2,2H3/b5-4+. The summed E-state index contributed by atoms with van der Waals surface area (Å²) in [4.78, 5) is 0. The Hall–Kier alpha value is -0.210. The van der Waals surface area contributed by atoms with Gasteiger partial charge in [-0.2, -0.15) is 0 Å². The fourth-order valence-electron chi connectivity index (χ4n) is 0.163. The first kappa shape index (κ1) is 6.79. The van der Waals surface area contributed by atoms with Crippen molar-refractivity contribution in [1.82, 2.24) is 4.72 Å². The van der Waals surface area contributed by atoms with Crippen LogP contribution in [0, 0.1) is 0 Å². The Morgan fingerprint density at radius 1 is 1.71 bits per heavy atom. The van der Waals surface area contributed by atoms with Gasteiger partial charge in [-0.05, 0) is 12.5 Å². The lowest BCUT2D eigenvalue weighted by atomic mass is 10.6. The molecule has 0 unspecified atom stereocenters. The molecule has 40 valence electrons. The fourth-order valence-corrected chi connectivity index (χ4v) is 0.489. The number of nitrogens with one attached hydrogen (secondary N) is 1. The summed E-state index contributed by atoms with van der Waals surface area (Å²) in [5.41, 5.74) is 0. The van der Waals surface area contributed by atoms with E-state index >= 15 is 0 Å². The van der Waals surface area contributed by atoms with Crippen LogP contribution in [0.15, 0.2) is 24.1 Å². The molecule has 0 fully saturated rings. The van der Waals surface area contributed by atoms with E-state index < -0.39 is 0 Å². The molecule has 7 heavy (non-hydrogen) atoms. The van der Waals surface area contributed by atoms with Crippen molar-refractivity contribution in [1.29, 1.82) is 0 Å². The third-order valence-electron chi connectivity index (χ3n) is 0.401. The van der Waals surface area contributed by atoms with Crippen LogP contribution >= 0.6 is 11.9 Å². The monoisotopic (exact) mass is 115 g/mol. The Morgan fingerprint density at radius 3 is 2.86 bits per heavy atom. The van der Waals surface area contributed by atoms with Gasteiger partial charge in [0.1, 0.15) is 0 Å². The van der Waals surface area contributed by atoms with Crippen LogP contribution in [0.3, 0.4) is 0 Å². The van der Waals surface area contributed by atoms with Gasteiger partial charge in [0, 0.05) is 0 Å². The number of rotatable bonds is 3. The largest absolute Gasteiger partial charge is 0.263 e. The van der Waals surface area contributed by atoms with E-state index in [0.29, 0.717) is 0 Å². The van der Waals surface area contributed by atoms with E-state index in [1.807, 2.05) is 18.5 Å². The molecule has 0 aliphatic heterocycles. The minimum absolute atomic E-state index is 1.53. The molecule has 0 aliphatic carbocycles. The van der Waals surface area contributed by atoms with Crippen molar-refractivity contribution in [2.24, 2.45) is 0 Å². The van der Waals surface area contributed by atoms with Gasteiger partial charge < -0.3 is 0 Å². The molecule has 1 N–H and O–H groups in total. The zero-order valence-electron chi connectivity index (χ0n) is 4.35. The molecule has 0 spiro atoms. The maximum Gasteiger partial charge on any atom is -0.00533 e. The summed E-state index contributed by atoms with van der Waals surface area (Å²) in [6.45, 7) is 3.50. The lowest BCUT2D eigenvalue weighted by molar-refractivity contribution is 1.31. The second-order valence-electron chi connectivity index (χ2n) is 0.886. The van der Waals surface area contributed by atoms with E-state index in [1.54, 1.807) is 6.08 Å². The van der Waals surface area contributed by atoms with Crippen molar-refractivity contribution >= 4 is 11.9 Å². The third-order valence-corrected chi connectivity index (χ3v) is 0.929. The highest BCUT2D eigenvalue weighted by atomic mass is 32.2. The van der Waals surface area contributed by atoms with Crippen molar-refractivity contribution in [3.63, 3.8) is 0 Å². The van der Waals surface area contributed by atoms with Crippen molar-refractivity contribution in [2.75, 3.05) is 7.05 Å². The SMILES string of the molecule is C=C/C=C/SNC. The van der Waals surface area contributed by atoms with Crippen LogP contribution in [0.1, 0.15) is 0 Å². The van der Waals surface area contributed by atoms with Gasteiger partial charge in [0.05, 0.1) is 0 Å². The molecule has 0 aromatic carbocycles. The van der Waals surface area contributed by atoms with Gasteiger partial charge in [-0.1, -0.05) is 30.7 Å². The Bertz CT molecular complexity index is 68.5. The molecular weight excluding hydrogens is 106 g/mol. The summed E-state index contributed by atoms with van der Waals surface area (Å²) in [5, 5.41) is 1.92. The van der Waals surface area contributed by atoms with Crippen LogP contribution < -0.4 is 4.72 Å². The van der Waals surface area contributed by atoms with Gasteiger partial charge in [0.25, 0.3) is 0 Å². The minimum atomic E-state index is 1.53. The zero-order chi connectivity index (χ0) is 5.54. The second kappa shape index (κ2) is 5.79. The molecule has 0 heterocycles. The average Bonchev–Trinajstić information content (AvgIpc) is 1.69. The van der Waals surface area contributed by atoms with E-state index in [1.165, 1.54) is 11.9 Å². The predicted octanol–water partition coefficient (Wildman–Crippen LogP) is 1.55. The highest BCUT2D eigenvalue weighted by Gasteiger charge is 1.63. The van der Waals surface area contributed by atoms with Crippen LogP contribution in [0.2, 0.25) is 0 Å². The molecule has 0 amide bonds. The molecule has 0 radical (unpaired) electrons. The van der Waals surface area contributed by atoms with Gasteiger partial charge in [-0.25, -0.2) is 0 Å². The first-order valence-electron chi connectivity index (χ1n) is 2.01. The van der Waals surface area contributed by atoms with E-state index in [9.17, 15) is 0 Å². The van der Waals surface area contributed by atoms with E-state index in [-0.39, 0.29) is 0 Å². The molecule has 0 saturated heterocycles. The third kappa shape index (κ3) is 5.79. The van der Waals surface area contributed by atoms with E-state index in [2.05, 4.69) is 11.3 Å². The molecule has 0 bridgehead atoms. The first-order chi connectivity index (χ1) is 3.41. The maximum absolute atomic E-state index is 3.50. The highest BCUT2D eigenvalue weighted by molar-refractivity contribution is 8.00. The minimum Gasteiger partial charge on any atom is -0.263 e. The van der Waals surface area contributed by atoms with Crippen LogP contribution in [0.25, 0.3) is 0 Å². The quantitative estimate of drug-likeness (QED) is 0.442. The van der Waals surface area contributed by atoms with Gasteiger partial charge in [-0.15, -0.1) is 0 Å². The average molecular weight is 115 g/mol. The summed E-state index contributed by atoms with van der Waals surface area (Å²) < 4.78 is 2.88. The zero-order valence-corrected chi connectivity index (χ0v) is 5.16. The molecule has 2 heteroatoms. The van der Waals surface area contributed by atoms with E-state index in [0.717, 1.165) is 0 Å². The molecule has 0 aromatic heterocycles. The summed E-state index contributed by atoms with van der Waals surface area (Å²) >= 11 is 1.53. The normalized spacial score (nSPS) is 9.86. The molecule has 0 aromatic rings. The molecule has 0 rings (SSSR count). The van der Waals surface area contributed by atoms with Crippen molar-refractivity contribution in [3.05, 3.63) is 24.1 Å². The van der Waals surface area contributed by atoms with Crippen LogP contribution in [-0.4, -0.2) is 7.05 Å². The second-order valence-corrected chi connectivity index (χ2v) is 1.80. The summed E-state index contributed by atoms with van der Waals surface area (Å²) in [5.74, 6) is 0. The smallest absolute Gasteiger partial charge is 0.00533 e. The molecule has 1 nitrogen and oxygen atoms in total. The van der Waals surface area contributed by atoms with Crippen molar-refractivity contribution < 1.29 is 0 Å². The Labute approximate surface area is 48.6 Å². The Morgan fingerprint density at radius 2 is 2.43 bits per heavy atom. The summed E-state index contributed by atoms with van der Waals surface area (Å²) in [6.07, 6.45) is 3.62. The number of hydrogen-bond donors (Lipinski definition) is 1. The highest BCUT2D eigenvalue weighted by Crippen LogP contribution is 1.90. The van der Waals surface area contributed by atoms with Crippen LogP contribution in [-0.2, 0) is 0 Å².